The molecule has 2 amide bonds. The van der Waals surface area contributed by atoms with Crippen molar-refractivity contribution in [1.29, 1.82) is 0 Å². The minimum atomic E-state index is -0.287. The molecule has 0 heterocycles. The van der Waals surface area contributed by atoms with Gasteiger partial charge in [-0.15, -0.1) is 0 Å². The van der Waals surface area contributed by atoms with E-state index in [2.05, 4.69) is 26.6 Å². The zero-order chi connectivity index (χ0) is 21.1. The number of carbonyl (C=O) groups is 2. The van der Waals surface area contributed by atoms with E-state index in [0.29, 0.717) is 22.5 Å². The van der Waals surface area contributed by atoms with Crippen LogP contribution in [0.4, 0.5) is 11.4 Å². The van der Waals surface area contributed by atoms with Gasteiger partial charge in [-0.2, -0.15) is 0 Å². The van der Waals surface area contributed by atoms with Crippen molar-refractivity contribution < 1.29 is 9.59 Å². The molecule has 4 aromatic carbocycles. The number of benzene rings is 4. The molecule has 148 valence electrons. The van der Waals surface area contributed by atoms with Crippen LogP contribution in [0.15, 0.2) is 89.4 Å². The van der Waals surface area contributed by atoms with Crippen LogP contribution in [-0.4, -0.2) is 11.8 Å². The van der Waals surface area contributed by atoms with E-state index in [1.54, 1.807) is 42.5 Å². The van der Waals surface area contributed by atoms with Crippen LogP contribution in [-0.2, 0) is 0 Å². The Morgan fingerprint density at radius 2 is 1.33 bits per heavy atom. The van der Waals surface area contributed by atoms with Gasteiger partial charge in [-0.3, -0.25) is 9.59 Å². The molecule has 0 radical (unpaired) electrons. The van der Waals surface area contributed by atoms with Crippen LogP contribution < -0.4 is 10.6 Å². The number of halogens is 2. The lowest BCUT2D eigenvalue weighted by Gasteiger charge is -2.11. The van der Waals surface area contributed by atoms with Gasteiger partial charge in [-0.1, -0.05) is 70.0 Å². The predicted molar refractivity (Wildman–Crippen MR) is 125 cm³/mol. The maximum absolute atomic E-state index is 12.8. The SMILES string of the molecule is O=C(Nc1ccc(C(=O)Nc2cccc3c(Br)cccc23)cc1Cl)c1ccccc1. The van der Waals surface area contributed by atoms with Crippen molar-refractivity contribution in [1.82, 2.24) is 0 Å². The normalized spacial score (nSPS) is 10.6. The van der Waals surface area contributed by atoms with Gasteiger partial charge >= 0.3 is 0 Å². The van der Waals surface area contributed by atoms with Crippen molar-refractivity contribution in [3.63, 3.8) is 0 Å². The summed E-state index contributed by atoms with van der Waals surface area (Å²) >= 11 is 9.85. The molecular formula is C24H16BrClN2O2. The number of carbonyl (C=O) groups excluding carboxylic acids is 2. The highest BCUT2D eigenvalue weighted by atomic mass is 79.9. The zero-order valence-corrected chi connectivity index (χ0v) is 18.0. The first-order chi connectivity index (χ1) is 14.5. The number of hydrogen-bond acceptors (Lipinski definition) is 2. The first kappa shape index (κ1) is 20.1. The lowest BCUT2D eigenvalue weighted by molar-refractivity contribution is 0.102. The Balaban J connectivity index is 1.54. The minimum absolute atomic E-state index is 0.268. The average Bonchev–Trinajstić information content (AvgIpc) is 2.76. The molecule has 0 saturated heterocycles. The van der Waals surface area contributed by atoms with Crippen LogP contribution in [0.5, 0.6) is 0 Å². The summed E-state index contributed by atoms with van der Waals surface area (Å²) in [6.45, 7) is 0. The Hall–Kier alpha value is -3.15. The molecule has 0 aromatic heterocycles. The fourth-order valence-electron chi connectivity index (χ4n) is 3.12. The number of amides is 2. The lowest BCUT2D eigenvalue weighted by Crippen LogP contribution is -2.14. The Morgan fingerprint density at radius 1 is 0.667 bits per heavy atom. The third-order valence-corrected chi connectivity index (χ3v) is 5.64. The average molecular weight is 480 g/mol. The van der Waals surface area contributed by atoms with Crippen LogP contribution in [0, 0.1) is 0 Å². The maximum Gasteiger partial charge on any atom is 0.255 e. The number of hydrogen-bond donors (Lipinski definition) is 2. The van der Waals surface area contributed by atoms with Crippen LogP contribution >= 0.6 is 27.5 Å². The molecule has 0 bridgehead atoms. The number of anilines is 2. The monoisotopic (exact) mass is 478 g/mol. The van der Waals surface area contributed by atoms with Crippen molar-refractivity contribution in [3.8, 4) is 0 Å². The van der Waals surface area contributed by atoms with Gasteiger partial charge in [0.1, 0.15) is 0 Å². The summed E-state index contributed by atoms with van der Waals surface area (Å²) in [4.78, 5) is 25.1. The molecule has 4 nitrogen and oxygen atoms in total. The van der Waals surface area contributed by atoms with E-state index in [1.807, 2.05) is 42.5 Å². The summed E-state index contributed by atoms with van der Waals surface area (Å²) in [5.74, 6) is -0.554. The van der Waals surface area contributed by atoms with E-state index in [4.69, 9.17) is 11.6 Å². The quantitative estimate of drug-likeness (QED) is 0.340. The molecule has 0 aliphatic rings. The third kappa shape index (κ3) is 4.22. The fourth-order valence-corrected chi connectivity index (χ4v) is 3.84. The highest BCUT2D eigenvalue weighted by Gasteiger charge is 2.13. The van der Waals surface area contributed by atoms with Gasteiger partial charge in [-0.05, 0) is 47.9 Å². The van der Waals surface area contributed by atoms with Crippen molar-refractivity contribution in [2.24, 2.45) is 0 Å². The maximum atomic E-state index is 12.8. The van der Waals surface area contributed by atoms with E-state index >= 15 is 0 Å². The lowest BCUT2D eigenvalue weighted by atomic mass is 10.1. The molecule has 6 heteroatoms. The van der Waals surface area contributed by atoms with Gasteiger partial charge in [0, 0.05) is 26.7 Å². The first-order valence-corrected chi connectivity index (χ1v) is 10.3. The predicted octanol–water partition coefficient (Wildman–Crippen LogP) is 6.76. The van der Waals surface area contributed by atoms with Crippen LogP contribution in [0.1, 0.15) is 20.7 Å². The molecule has 0 aliphatic carbocycles. The second-order valence-electron chi connectivity index (χ2n) is 6.61. The van der Waals surface area contributed by atoms with Crippen molar-refractivity contribution in [2.45, 2.75) is 0 Å². The molecule has 0 unspecified atom stereocenters. The smallest absolute Gasteiger partial charge is 0.255 e. The zero-order valence-electron chi connectivity index (χ0n) is 15.7. The van der Waals surface area contributed by atoms with Gasteiger partial charge in [-0.25, -0.2) is 0 Å². The van der Waals surface area contributed by atoms with Gasteiger partial charge in [0.05, 0.1) is 10.7 Å². The number of fused-ring (bicyclic) bond motifs is 1. The van der Waals surface area contributed by atoms with E-state index < -0.39 is 0 Å². The highest BCUT2D eigenvalue weighted by molar-refractivity contribution is 9.10. The van der Waals surface area contributed by atoms with E-state index in [1.165, 1.54) is 0 Å². The summed E-state index contributed by atoms with van der Waals surface area (Å²) in [7, 11) is 0. The Morgan fingerprint density at radius 3 is 2.10 bits per heavy atom. The number of nitrogens with one attached hydrogen (secondary N) is 2. The van der Waals surface area contributed by atoms with Crippen molar-refractivity contribution in [2.75, 3.05) is 10.6 Å². The van der Waals surface area contributed by atoms with Crippen LogP contribution in [0.25, 0.3) is 10.8 Å². The summed E-state index contributed by atoms with van der Waals surface area (Å²) < 4.78 is 0.956. The first-order valence-electron chi connectivity index (χ1n) is 9.17. The summed E-state index contributed by atoms with van der Waals surface area (Å²) in [6, 6.07) is 25.2. The molecule has 0 fully saturated rings. The molecular weight excluding hydrogens is 464 g/mol. The largest absolute Gasteiger partial charge is 0.321 e. The molecule has 4 aromatic rings. The molecule has 4 rings (SSSR count). The second-order valence-corrected chi connectivity index (χ2v) is 7.87. The van der Waals surface area contributed by atoms with Gasteiger partial charge < -0.3 is 10.6 Å². The Bertz CT molecular complexity index is 1260. The molecule has 0 spiro atoms. The number of rotatable bonds is 4. The topological polar surface area (TPSA) is 58.2 Å². The highest BCUT2D eigenvalue weighted by Crippen LogP contribution is 2.30. The van der Waals surface area contributed by atoms with E-state index in [9.17, 15) is 9.59 Å². The molecule has 0 atom stereocenters. The second kappa shape index (κ2) is 8.69. The summed E-state index contributed by atoms with van der Waals surface area (Å²) in [5, 5.41) is 7.92. The van der Waals surface area contributed by atoms with Crippen molar-refractivity contribution in [3.05, 3.63) is 106 Å². The third-order valence-electron chi connectivity index (χ3n) is 4.63. The summed E-state index contributed by atoms with van der Waals surface area (Å²) in [6.07, 6.45) is 0. The van der Waals surface area contributed by atoms with Gasteiger partial charge in [0.15, 0.2) is 0 Å². The standard InChI is InChI=1S/C24H16BrClN2O2/c25-19-10-4-9-18-17(19)8-5-11-21(18)27-24(30)16-12-13-22(20(26)14-16)28-23(29)15-6-2-1-3-7-15/h1-14H,(H,27,30)(H,28,29). The minimum Gasteiger partial charge on any atom is -0.321 e. The Kier molecular flexibility index (Phi) is 5.84. The molecule has 2 N–H and O–H groups in total. The fraction of sp³-hybridized carbons (Fsp3) is 0. The van der Waals surface area contributed by atoms with E-state index in [-0.39, 0.29) is 16.8 Å². The van der Waals surface area contributed by atoms with Crippen LogP contribution in [0.2, 0.25) is 5.02 Å². The molecule has 0 saturated carbocycles. The molecule has 30 heavy (non-hydrogen) atoms. The summed E-state index contributed by atoms with van der Waals surface area (Å²) in [5.41, 5.74) is 2.06. The van der Waals surface area contributed by atoms with Crippen molar-refractivity contribution >= 4 is 61.5 Å². The molecule has 0 aliphatic heterocycles. The van der Waals surface area contributed by atoms with E-state index in [0.717, 1.165) is 15.2 Å². The van der Waals surface area contributed by atoms with Gasteiger partial charge in [0.2, 0.25) is 0 Å². The van der Waals surface area contributed by atoms with Crippen LogP contribution in [0.3, 0.4) is 0 Å². The Labute approximate surface area is 187 Å². The van der Waals surface area contributed by atoms with Gasteiger partial charge in [0.25, 0.3) is 11.8 Å².